The summed E-state index contributed by atoms with van der Waals surface area (Å²) < 4.78 is 1.61. The van der Waals surface area contributed by atoms with Crippen LogP contribution in [0.5, 0.6) is 0 Å². The molecule has 0 saturated carbocycles. The van der Waals surface area contributed by atoms with Crippen LogP contribution < -0.4 is 5.73 Å². The van der Waals surface area contributed by atoms with Crippen molar-refractivity contribution in [2.24, 2.45) is 5.73 Å². The first kappa shape index (κ1) is 10.9. The van der Waals surface area contributed by atoms with Gasteiger partial charge in [0.1, 0.15) is 6.04 Å². The minimum atomic E-state index is -1.10. The molecule has 1 atom stereocenters. The molecule has 0 bridgehead atoms. The van der Waals surface area contributed by atoms with Gasteiger partial charge in [0.05, 0.1) is 16.4 Å². The summed E-state index contributed by atoms with van der Waals surface area (Å²) in [5, 5.41) is 9.37. The van der Waals surface area contributed by atoms with E-state index in [1.54, 1.807) is 29.7 Å². The smallest absolute Gasteiger partial charge is 0.326 e. The molecule has 2 aromatic rings. The summed E-state index contributed by atoms with van der Waals surface area (Å²) in [6.45, 7) is 1.71. The van der Waals surface area contributed by atoms with Gasteiger partial charge in [-0.3, -0.25) is 4.79 Å². The first-order valence-corrected chi connectivity index (χ1v) is 5.01. The van der Waals surface area contributed by atoms with Crippen molar-refractivity contribution in [1.82, 2.24) is 9.38 Å². The lowest BCUT2D eigenvalue weighted by atomic mass is 10.2. The molecule has 0 aliphatic heterocycles. The second kappa shape index (κ2) is 3.77. The second-order valence-electron chi connectivity index (χ2n) is 3.45. The van der Waals surface area contributed by atoms with E-state index in [0.717, 1.165) is 0 Å². The number of aryl methyl sites for hydroxylation is 1. The van der Waals surface area contributed by atoms with Crippen LogP contribution in [0.25, 0.3) is 5.65 Å². The number of carboxylic acid groups (broad SMARTS) is 1. The Balaban J connectivity index is 2.74. The average Bonchev–Trinajstić information content (AvgIpc) is 2.55. The number of pyridine rings is 1. The van der Waals surface area contributed by atoms with E-state index >= 15 is 0 Å². The molecule has 0 radical (unpaired) electrons. The maximum Gasteiger partial charge on any atom is 0.326 e. The van der Waals surface area contributed by atoms with Crippen LogP contribution in [0.15, 0.2) is 18.3 Å². The zero-order chi connectivity index (χ0) is 11.9. The molecule has 0 amide bonds. The number of carboxylic acids is 1. The summed E-state index contributed by atoms with van der Waals surface area (Å²) in [6, 6.07) is 2.31. The fraction of sp³-hybridized carbons (Fsp3) is 0.200. The third-order valence-electron chi connectivity index (χ3n) is 2.38. The number of hydrogen-bond donors (Lipinski definition) is 2. The van der Waals surface area contributed by atoms with Gasteiger partial charge in [-0.15, -0.1) is 0 Å². The lowest BCUT2D eigenvalue weighted by Crippen LogP contribution is -2.23. The van der Waals surface area contributed by atoms with Crippen LogP contribution in [0.3, 0.4) is 0 Å². The average molecular weight is 240 g/mol. The van der Waals surface area contributed by atoms with Crippen molar-refractivity contribution >= 4 is 23.2 Å². The molecule has 0 aliphatic carbocycles. The SMILES string of the molecule is Cc1nc2c(Cl)cccn2c1C(N)C(=O)O. The molecule has 0 fully saturated rings. The van der Waals surface area contributed by atoms with Gasteiger partial charge < -0.3 is 15.2 Å². The summed E-state index contributed by atoms with van der Waals surface area (Å²) >= 11 is 5.96. The molecule has 5 nitrogen and oxygen atoms in total. The Labute approximate surface area is 96.5 Å². The van der Waals surface area contributed by atoms with E-state index < -0.39 is 12.0 Å². The number of aromatic nitrogens is 2. The van der Waals surface area contributed by atoms with Crippen LogP contribution in [0, 0.1) is 6.92 Å². The van der Waals surface area contributed by atoms with Crippen LogP contribution in [-0.2, 0) is 4.79 Å². The van der Waals surface area contributed by atoms with Gasteiger partial charge in [0.25, 0.3) is 0 Å². The van der Waals surface area contributed by atoms with Crippen molar-refractivity contribution in [2.75, 3.05) is 0 Å². The van der Waals surface area contributed by atoms with Gasteiger partial charge in [0.2, 0.25) is 0 Å². The van der Waals surface area contributed by atoms with Gasteiger partial charge in [-0.1, -0.05) is 11.6 Å². The van der Waals surface area contributed by atoms with E-state index in [-0.39, 0.29) is 0 Å². The molecule has 0 saturated heterocycles. The van der Waals surface area contributed by atoms with Crippen molar-refractivity contribution < 1.29 is 9.90 Å². The summed E-state index contributed by atoms with van der Waals surface area (Å²) in [4.78, 5) is 15.1. The van der Waals surface area contributed by atoms with Crippen molar-refractivity contribution in [3.63, 3.8) is 0 Å². The maximum atomic E-state index is 10.9. The Bertz CT molecular complexity index is 564. The molecule has 0 aromatic carbocycles. The molecule has 0 aliphatic rings. The summed E-state index contributed by atoms with van der Waals surface area (Å²) in [5.74, 6) is -1.09. The predicted octanol–water partition coefficient (Wildman–Crippen LogP) is 1.38. The fourth-order valence-corrected chi connectivity index (χ4v) is 1.86. The highest BCUT2D eigenvalue weighted by Crippen LogP contribution is 2.23. The zero-order valence-corrected chi connectivity index (χ0v) is 9.27. The van der Waals surface area contributed by atoms with Crippen molar-refractivity contribution in [3.05, 3.63) is 34.7 Å². The summed E-state index contributed by atoms with van der Waals surface area (Å²) in [6.07, 6.45) is 1.69. The quantitative estimate of drug-likeness (QED) is 0.830. The van der Waals surface area contributed by atoms with Gasteiger partial charge in [-0.05, 0) is 19.1 Å². The monoisotopic (exact) mass is 239 g/mol. The van der Waals surface area contributed by atoms with Crippen molar-refractivity contribution in [2.45, 2.75) is 13.0 Å². The molecule has 84 valence electrons. The van der Waals surface area contributed by atoms with Gasteiger partial charge in [-0.25, -0.2) is 4.98 Å². The molecule has 2 rings (SSSR count). The first-order chi connectivity index (χ1) is 7.52. The van der Waals surface area contributed by atoms with Gasteiger partial charge in [0.15, 0.2) is 5.65 Å². The lowest BCUT2D eigenvalue weighted by molar-refractivity contribution is -0.138. The van der Waals surface area contributed by atoms with E-state index in [1.165, 1.54) is 0 Å². The number of aliphatic carboxylic acids is 1. The van der Waals surface area contributed by atoms with Crippen LogP contribution in [0.1, 0.15) is 17.4 Å². The Hall–Kier alpha value is -1.59. The first-order valence-electron chi connectivity index (χ1n) is 4.64. The van der Waals surface area contributed by atoms with Crippen LogP contribution >= 0.6 is 11.6 Å². The molecule has 0 spiro atoms. The highest BCUT2D eigenvalue weighted by Gasteiger charge is 2.22. The molecule has 16 heavy (non-hydrogen) atoms. The largest absolute Gasteiger partial charge is 0.480 e. The number of nitrogens with zero attached hydrogens (tertiary/aromatic N) is 2. The topological polar surface area (TPSA) is 80.6 Å². The van der Waals surface area contributed by atoms with E-state index in [0.29, 0.717) is 22.1 Å². The third kappa shape index (κ3) is 1.54. The Morgan fingerprint density at radius 1 is 1.69 bits per heavy atom. The Morgan fingerprint density at radius 3 is 3.00 bits per heavy atom. The zero-order valence-electron chi connectivity index (χ0n) is 8.51. The minimum absolute atomic E-state index is 0.449. The molecule has 1 unspecified atom stereocenters. The summed E-state index contributed by atoms with van der Waals surface area (Å²) in [7, 11) is 0. The van der Waals surface area contributed by atoms with Crippen molar-refractivity contribution in [3.8, 4) is 0 Å². The second-order valence-corrected chi connectivity index (χ2v) is 3.86. The van der Waals surface area contributed by atoms with Gasteiger partial charge in [-0.2, -0.15) is 0 Å². The molecular weight excluding hydrogens is 230 g/mol. The van der Waals surface area contributed by atoms with Gasteiger partial charge in [0, 0.05) is 6.20 Å². The number of imidazole rings is 1. The third-order valence-corrected chi connectivity index (χ3v) is 2.68. The van der Waals surface area contributed by atoms with E-state index in [9.17, 15) is 4.79 Å². The van der Waals surface area contributed by atoms with Crippen LogP contribution in [-0.4, -0.2) is 20.5 Å². The fourth-order valence-electron chi connectivity index (χ4n) is 1.66. The molecule has 2 aromatic heterocycles. The Kier molecular flexibility index (Phi) is 2.57. The lowest BCUT2D eigenvalue weighted by Gasteiger charge is -2.07. The molecule has 3 N–H and O–H groups in total. The van der Waals surface area contributed by atoms with Gasteiger partial charge >= 0.3 is 5.97 Å². The normalized spacial score (nSPS) is 12.9. The number of hydrogen-bond acceptors (Lipinski definition) is 3. The maximum absolute atomic E-state index is 10.9. The van der Waals surface area contributed by atoms with Crippen molar-refractivity contribution in [1.29, 1.82) is 0 Å². The predicted molar refractivity (Wildman–Crippen MR) is 59.5 cm³/mol. The van der Waals surface area contributed by atoms with Crippen LogP contribution in [0.4, 0.5) is 0 Å². The van der Waals surface area contributed by atoms with Crippen LogP contribution in [0.2, 0.25) is 5.02 Å². The van der Waals surface area contributed by atoms with E-state index in [2.05, 4.69) is 4.98 Å². The molecular formula is C10H10ClN3O2. The number of halogens is 1. The standard InChI is InChI=1S/C10H10ClN3O2/c1-5-8(7(12)10(15)16)14-4-2-3-6(11)9(14)13-5/h2-4,7H,12H2,1H3,(H,15,16). The summed E-state index contributed by atoms with van der Waals surface area (Å²) in [5.41, 5.74) is 7.14. The Morgan fingerprint density at radius 2 is 2.38 bits per heavy atom. The molecule has 6 heteroatoms. The molecule has 2 heterocycles. The minimum Gasteiger partial charge on any atom is -0.480 e. The highest BCUT2D eigenvalue weighted by molar-refractivity contribution is 6.33. The number of rotatable bonds is 2. The van der Waals surface area contributed by atoms with E-state index in [4.69, 9.17) is 22.4 Å². The van der Waals surface area contributed by atoms with E-state index in [1.807, 2.05) is 0 Å². The number of fused-ring (bicyclic) bond motifs is 1. The number of nitrogens with two attached hydrogens (primary N) is 1. The number of carbonyl (C=O) groups is 1. The highest BCUT2D eigenvalue weighted by atomic mass is 35.5.